The Hall–Kier alpha value is -0.275. The summed E-state index contributed by atoms with van der Waals surface area (Å²) in [5.74, 6) is 2.12. The first-order chi connectivity index (χ1) is 6.90. The predicted octanol–water partition coefficient (Wildman–Crippen LogP) is 3.20. The summed E-state index contributed by atoms with van der Waals surface area (Å²) in [5, 5.41) is 9.62. The monoisotopic (exact) mass is 212 g/mol. The third kappa shape index (κ3) is 6.75. The maximum Gasteiger partial charge on any atom is 0.483 e. The first-order valence-corrected chi connectivity index (χ1v) is 5.92. The zero-order chi connectivity index (χ0) is 11.9. The maximum atomic E-state index is 9.62. The molecule has 0 aliphatic carbocycles. The maximum absolute atomic E-state index is 9.62. The normalized spacial score (nSPS) is 12.7. The van der Waals surface area contributed by atoms with E-state index >= 15 is 0 Å². The second kappa shape index (κ2) is 7.07. The molecule has 0 aliphatic heterocycles. The molecule has 0 rings (SSSR count). The van der Waals surface area contributed by atoms with Gasteiger partial charge in [-0.05, 0) is 26.2 Å². The van der Waals surface area contributed by atoms with Crippen molar-refractivity contribution < 1.29 is 9.68 Å². The molecule has 0 fully saturated rings. The van der Waals surface area contributed by atoms with Crippen LogP contribution in [0.4, 0.5) is 0 Å². The van der Waals surface area contributed by atoms with Gasteiger partial charge in [-0.2, -0.15) is 0 Å². The van der Waals surface area contributed by atoms with Crippen LogP contribution in [0.5, 0.6) is 0 Å². The quantitative estimate of drug-likeness (QED) is 0.518. The van der Waals surface area contributed by atoms with E-state index in [0.29, 0.717) is 5.92 Å². The van der Waals surface area contributed by atoms with Gasteiger partial charge in [0.15, 0.2) is 0 Å². The summed E-state index contributed by atoms with van der Waals surface area (Å²) < 4.78 is 5.55. The topological polar surface area (TPSA) is 29.5 Å². The average Bonchev–Trinajstić information content (AvgIpc) is 2.11. The molecule has 0 atom stereocenters. The number of hydrogen-bond donors (Lipinski definition) is 1. The average molecular weight is 212 g/mol. The molecule has 0 aliphatic rings. The Balaban J connectivity index is 3.92. The Morgan fingerprint density at radius 2 is 2.00 bits per heavy atom. The number of rotatable bonds is 7. The van der Waals surface area contributed by atoms with E-state index < -0.39 is 7.12 Å². The summed E-state index contributed by atoms with van der Waals surface area (Å²) in [6.45, 7) is 10.3. The molecular formula is C12H25BO2. The highest BCUT2D eigenvalue weighted by Crippen LogP contribution is 2.20. The van der Waals surface area contributed by atoms with Crippen molar-refractivity contribution in [3.05, 3.63) is 12.1 Å². The molecule has 0 aromatic carbocycles. The smallest absolute Gasteiger partial charge is 0.423 e. The van der Waals surface area contributed by atoms with Crippen molar-refractivity contribution in [3.63, 3.8) is 0 Å². The van der Waals surface area contributed by atoms with Gasteiger partial charge in [-0.15, -0.1) is 0 Å². The summed E-state index contributed by atoms with van der Waals surface area (Å²) in [4.78, 5) is 0. The van der Waals surface area contributed by atoms with Crippen molar-refractivity contribution in [1.29, 1.82) is 0 Å². The molecule has 1 N–H and O–H groups in total. The van der Waals surface area contributed by atoms with Gasteiger partial charge < -0.3 is 9.68 Å². The minimum atomic E-state index is -0.778. The van der Waals surface area contributed by atoms with Crippen LogP contribution >= 0.6 is 0 Å². The van der Waals surface area contributed by atoms with Crippen LogP contribution in [0.1, 0.15) is 53.9 Å². The van der Waals surface area contributed by atoms with Crippen LogP contribution < -0.4 is 0 Å². The lowest BCUT2D eigenvalue weighted by Gasteiger charge is -2.30. The van der Waals surface area contributed by atoms with Crippen LogP contribution in [-0.2, 0) is 4.65 Å². The fourth-order valence-corrected chi connectivity index (χ4v) is 1.02. The number of hydrogen-bond acceptors (Lipinski definition) is 2. The molecule has 0 amide bonds. The zero-order valence-corrected chi connectivity index (χ0v) is 10.8. The van der Waals surface area contributed by atoms with Crippen LogP contribution in [0, 0.1) is 5.92 Å². The molecule has 0 unspecified atom stereocenters. The van der Waals surface area contributed by atoms with Gasteiger partial charge in [0.05, 0.1) is 5.60 Å². The Kier molecular flexibility index (Phi) is 6.94. The fraction of sp³-hybridized carbons (Fsp3) is 0.833. The van der Waals surface area contributed by atoms with E-state index in [-0.39, 0.29) is 5.60 Å². The van der Waals surface area contributed by atoms with Crippen LogP contribution in [-0.4, -0.2) is 17.7 Å². The molecule has 0 saturated heterocycles. The minimum Gasteiger partial charge on any atom is -0.423 e. The summed E-state index contributed by atoms with van der Waals surface area (Å²) >= 11 is 0. The third-order valence-electron chi connectivity index (χ3n) is 2.84. The lowest BCUT2D eigenvalue weighted by molar-refractivity contribution is 0.0418. The van der Waals surface area contributed by atoms with Gasteiger partial charge in [-0.25, -0.2) is 0 Å². The molecule has 0 aromatic heterocycles. The van der Waals surface area contributed by atoms with Crippen molar-refractivity contribution in [2.45, 2.75) is 59.5 Å². The second-order valence-corrected chi connectivity index (χ2v) is 4.84. The van der Waals surface area contributed by atoms with E-state index in [2.05, 4.69) is 20.8 Å². The molecule has 0 saturated carbocycles. The van der Waals surface area contributed by atoms with Crippen LogP contribution in [0.25, 0.3) is 0 Å². The summed E-state index contributed by atoms with van der Waals surface area (Å²) in [7, 11) is -0.778. The van der Waals surface area contributed by atoms with Gasteiger partial charge in [0.1, 0.15) is 0 Å². The lowest BCUT2D eigenvalue weighted by atomic mass is 9.85. The number of unbranched alkanes of at least 4 members (excludes halogenated alkanes) is 2. The molecule has 0 spiro atoms. The standard InChI is InChI=1S/C12H25BO2/c1-6-7-8-9-10-13(14)15-12(4,5)11(2)3/h9-11,14H,6-8H2,1-5H3. The highest BCUT2D eigenvalue weighted by Gasteiger charge is 2.27. The van der Waals surface area contributed by atoms with Gasteiger partial charge >= 0.3 is 7.12 Å². The lowest BCUT2D eigenvalue weighted by Crippen LogP contribution is -2.37. The Bertz CT molecular complexity index is 188. The van der Waals surface area contributed by atoms with Crippen molar-refractivity contribution in [1.82, 2.24) is 0 Å². The van der Waals surface area contributed by atoms with E-state index in [4.69, 9.17) is 4.65 Å². The summed E-state index contributed by atoms with van der Waals surface area (Å²) in [6, 6.07) is 0. The fourth-order valence-electron chi connectivity index (χ4n) is 1.02. The molecular weight excluding hydrogens is 187 g/mol. The number of allylic oxidation sites excluding steroid dienone is 1. The van der Waals surface area contributed by atoms with E-state index in [1.54, 1.807) is 5.98 Å². The predicted molar refractivity (Wildman–Crippen MR) is 66.6 cm³/mol. The van der Waals surface area contributed by atoms with E-state index in [0.717, 1.165) is 12.8 Å². The minimum absolute atomic E-state index is 0.283. The van der Waals surface area contributed by atoms with E-state index in [1.165, 1.54) is 6.42 Å². The highest BCUT2D eigenvalue weighted by molar-refractivity contribution is 6.49. The first-order valence-electron chi connectivity index (χ1n) is 5.92. The van der Waals surface area contributed by atoms with Crippen LogP contribution in [0.15, 0.2) is 12.1 Å². The van der Waals surface area contributed by atoms with E-state index in [9.17, 15) is 5.02 Å². The molecule has 0 bridgehead atoms. The third-order valence-corrected chi connectivity index (χ3v) is 2.84. The van der Waals surface area contributed by atoms with Gasteiger partial charge in [-0.3, -0.25) is 0 Å². The second-order valence-electron chi connectivity index (χ2n) is 4.84. The van der Waals surface area contributed by atoms with Crippen molar-refractivity contribution in [2.75, 3.05) is 0 Å². The zero-order valence-electron chi connectivity index (χ0n) is 10.8. The Morgan fingerprint density at radius 1 is 1.40 bits per heavy atom. The van der Waals surface area contributed by atoms with Gasteiger partial charge in [0.25, 0.3) is 0 Å². The molecule has 0 heterocycles. The van der Waals surface area contributed by atoms with Crippen LogP contribution in [0.2, 0.25) is 0 Å². The summed E-state index contributed by atoms with van der Waals surface area (Å²) in [5.41, 5.74) is -0.283. The molecule has 15 heavy (non-hydrogen) atoms. The molecule has 3 heteroatoms. The van der Waals surface area contributed by atoms with Crippen LogP contribution in [0.3, 0.4) is 0 Å². The van der Waals surface area contributed by atoms with Gasteiger partial charge in [0.2, 0.25) is 0 Å². The van der Waals surface area contributed by atoms with Gasteiger partial charge in [0, 0.05) is 0 Å². The van der Waals surface area contributed by atoms with Crippen molar-refractivity contribution in [2.24, 2.45) is 5.92 Å². The SMILES string of the molecule is CCCCC=CB(O)OC(C)(C)C(C)C. The Morgan fingerprint density at radius 3 is 2.47 bits per heavy atom. The molecule has 0 radical (unpaired) electrons. The van der Waals surface area contributed by atoms with Crippen molar-refractivity contribution >= 4 is 7.12 Å². The first kappa shape index (κ1) is 14.7. The van der Waals surface area contributed by atoms with E-state index in [1.807, 2.05) is 19.9 Å². The van der Waals surface area contributed by atoms with Gasteiger partial charge in [-0.1, -0.05) is 45.7 Å². The molecule has 0 aromatic rings. The molecule has 88 valence electrons. The van der Waals surface area contributed by atoms with Crippen molar-refractivity contribution in [3.8, 4) is 0 Å². The largest absolute Gasteiger partial charge is 0.483 e. The highest BCUT2D eigenvalue weighted by atomic mass is 16.5. The summed E-state index contributed by atoms with van der Waals surface area (Å²) in [6.07, 6.45) is 5.35. The Labute approximate surface area is 94.9 Å². The molecule has 2 nitrogen and oxygen atoms in total.